The van der Waals surface area contributed by atoms with E-state index in [-0.39, 0.29) is 5.95 Å². The first-order valence-corrected chi connectivity index (χ1v) is 4.78. The Hall–Kier alpha value is -0.920. The smallest absolute Gasteiger partial charge is 0.221 e. The number of nitrogens with zero attached hydrogens (tertiary/aromatic N) is 3. The van der Waals surface area contributed by atoms with Crippen LogP contribution in [-0.2, 0) is 17.9 Å². The third kappa shape index (κ3) is 1.45. The van der Waals surface area contributed by atoms with Crippen LogP contribution in [0.5, 0.6) is 0 Å². The summed E-state index contributed by atoms with van der Waals surface area (Å²) in [6.07, 6.45) is 0.813. The van der Waals surface area contributed by atoms with Gasteiger partial charge in [0.1, 0.15) is 3.70 Å². The zero-order valence-corrected chi connectivity index (χ0v) is 8.85. The Morgan fingerprint density at radius 2 is 2.23 bits per heavy atom. The monoisotopic (exact) mass is 290 g/mol. The molecule has 0 bridgehead atoms. The summed E-state index contributed by atoms with van der Waals surface area (Å²) in [6.45, 7) is 1.14. The number of nitrogens with two attached hydrogens (primary N) is 1. The fourth-order valence-corrected chi connectivity index (χ4v) is 2.06. The highest BCUT2D eigenvalue weighted by Gasteiger charge is 2.22. The zero-order valence-electron chi connectivity index (χ0n) is 6.70. The SMILES string of the molecule is Nc1nc(I)c2c(n1)CN(C=O)C2. The van der Waals surface area contributed by atoms with Crippen LogP contribution in [0.15, 0.2) is 0 Å². The predicted octanol–water partition coefficient (Wildman–Crippen LogP) is 0.135. The van der Waals surface area contributed by atoms with E-state index in [1.165, 1.54) is 0 Å². The van der Waals surface area contributed by atoms with Gasteiger partial charge in [0.25, 0.3) is 0 Å². The molecular weight excluding hydrogens is 283 g/mol. The Balaban J connectivity index is 2.45. The van der Waals surface area contributed by atoms with Crippen molar-refractivity contribution < 1.29 is 4.79 Å². The second kappa shape index (κ2) is 3.09. The van der Waals surface area contributed by atoms with Gasteiger partial charge in [-0.15, -0.1) is 0 Å². The highest BCUT2D eigenvalue weighted by Crippen LogP contribution is 2.23. The van der Waals surface area contributed by atoms with Crippen molar-refractivity contribution in [2.75, 3.05) is 5.73 Å². The van der Waals surface area contributed by atoms with E-state index in [2.05, 4.69) is 32.6 Å². The van der Waals surface area contributed by atoms with Crippen LogP contribution in [-0.4, -0.2) is 21.3 Å². The maximum atomic E-state index is 10.5. The van der Waals surface area contributed by atoms with Crippen LogP contribution in [0.2, 0.25) is 0 Å². The van der Waals surface area contributed by atoms with Crippen LogP contribution in [0.25, 0.3) is 0 Å². The second-order valence-electron chi connectivity index (χ2n) is 2.81. The molecule has 1 aliphatic rings. The van der Waals surface area contributed by atoms with E-state index in [0.29, 0.717) is 13.1 Å². The Kier molecular flexibility index (Phi) is 2.06. The molecule has 1 aromatic rings. The molecule has 0 unspecified atom stereocenters. The number of carbonyl (C=O) groups excluding carboxylic acids is 1. The summed E-state index contributed by atoms with van der Waals surface area (Å²) in [7, 11) is 0. The second-order valence-corrected chi connectivity index (χ2v) is 3.83. The number of fused-ring (bicyclic) bond motifs is 1. The van der Waals surface area contributed by atoms with Gasteiger partial charge in [0, 0.05) is 5.56 Å². The molecule has 2 rings (SSSR count). The minimum Gasteiger partial charge on any atom is -0.368 e. The van der Waals surface area contributed by atoms with Crippen molar-refractivity contribution in [1.82, 2.24) is 14.9 Å². The lowest BCUT2D eigenvalue weighted by Crippen LogP contribution is -2.12. The third-order valence-electron chi connectivity index (χ3n) is 1.92. The zero-order chi connectivity index (χ0) is 9.42. The van der Waals surface area contributed by atoms with Gasteiger partial charge in [-0.3, -0.25) is 4.79 Å². The van der Waals surface area contributed by atoms with Gasteiger partial charge < -0.3 is 10.6 Å². The molecule has 0 aromatic carbocycles. The van der Waals surface area contributed by atoms with Crippen LogP contribution < -0.4 is 5.73 Å². The highest BCUT2D eigenvalue weighted by atomic mass is 127. The number of anilines is 1. The minimum absolute atomic E-state index is 0.274. The Morgan fingerprint density at radius 3 is 2.92 bits per heavy atom. The van der Waals surface area contributed by atoms with E-state index in [0.717, 1.165) is 21.4 Å². The molecule has 6 heteroatoms. The normalized spacial score (nSPS) is 14.4. The number of halogens is 1. The molecule has 0 fully saturated rings. The van der Waals surface area contributed by atoms with Crippen molar-refractivity contribution >= 4 is 34.9 Å². The number of aromatic nitrogens is 2. The summed E-state index contributed by atoms with van der Waals surface area (Å²) in [6, 6.07) is 0. The standard InChI is InChI=1S/C7H7IN4O/c8-6-4-1-12(3-13)2-5(4)10-7(9)11-6/h3H,1-2H2,(H2,9,10,11). The Morgan fingerprint density at radius 1 is 1.46 bits per heavy atom. The van der Waals surface area contributed by atoms with Crippen molar-refractivity contribution in [3.8, 4) is 0 Å². The highest BCUT2D eigenvalue weighted by molar-refractivity contribution is 14.1. The van der Waals surface area contributed by atoms with Gasteiger partial charge in [-0.1, -0.05) is 0 Å². The summed E-state index contributed by atoms with van der Waals surface area (Å²) in [5.74, 6) is 0.274. The van der Waals surface area contributed by atoms with E-state index in [1.807, 2.05) is 0 Å². The molecule has 1 aliphatic heterocycles. The summed E-state index contributed by atoms with van der Waals surface area (Å²) >= 11 is 2.10. The van der Waals surface area contributed by atoms with Crippen molar-refractivity contribution in [2.24, 2.45) is 0 Å². The van der Waals surface area contributed by atoms with Crippen molar-refractivity contribution in [2.45, 2.75) is 13.1 Å². The Labute approximate surface area is 88.5 Å². The molecule has 2 N–H and O–H groups in total. The fraction of sp³-hybridized carbons (Fsp3) is 0.286. The fourth-order valence-electron chi connectivity index (χ4n) is 1.33. The first-order valence-electron chi connectivity index (χ1n) is 3.71. The lowest BCUT2D eigenvalue weighted by Gasteiger charge is -2.03. The lowest BCUT2D eigenvalue weighted by molar-refractivity contribution is -0.118. The van der Waals surface area contributed by atoms with E-state index in [1.54, 1.807) is 4.90 Å². The first kappa shape index (κ1) is 8.67. The van der Waals surface area contributed by atoms with Crippen LogP contribution in [0, 0.1) is 3.70 Å². The van der Waals surface area contributed by atoms with Crippen molar-refractivity contribution in [3.05, 3.63) is 15.0 Å². The molecular formula is C7H7IN4O. The molecule has 0 spiro atoms. The number of carbonyl (C=O) groups is 1. The predicted molar refractivity (Wildman–Crippen MR) is 54.5 cm³/mol. The van der Waals surface area contributed by atoms with Crippen LogP contribution in [0.4, 0.5) is 5.95 Å². The van der Waals surface area contributed by atoms with Gasteiger partial charge in [0.05, 0.1) is 18.8 Å². The number of amides is 1. The maximum absolute atomic E-state index is 10.5. The van der Waals surface area contributed by atoms with Crippen LogP contribution in [0.3, 0.4) is 0 Å². The van der Waals surface area contributed by atoms with E-state index >= 15 is 0 Å². The van der Waals surface area contributed by atoms with Crippen LogP contribution in [0.1, 0.15) is 11.3 Å². The van der Waals surface area contributed by atoms with E-state index in [4.69, 9.17) is 5.73 Å². The van der Waals surface area contributed by atoms with Gasteiger partial charge in [-0.2, -0.15) is 0 Å². The molecule has 0 saturated carbocycles. The largest absolute Gasteiger partial charge is 0.368 e. The minimum atomic E-state index is 0.274. The van der Waals surface area contributed by atoms with Gasteiger partial charge in [-0.25, -0.2) is 9.97 Å². The third-order valence-corrected chi connectivity index (χ3v) is 2.82. The molecule has 0 atom stereocenters. The number of hydrogen-bond donors (Lipinski definition) is 1. The molecule has 0 radical (unpaired) electrons. The Bertz CT molecular complexity index is 368. The molecule has 68 valence electrons. The number of hydrogen-bond acceptors (Lipinski definition) is 4. The van der Waals surface area contributed by atoms with Crippen molar-refractivity contribution in [1.29, 1.82) is 0 Å². The number of nitrogen functional groups attached to an aromatic ring is 1. The van der Waals surface area contributed by atoms with Gasteiger partial charge in [0.15, 0.2) is 0 Å². The maximum Gasteiger partial charge on any atom is 0.221 e. The number of rotatable bonds is 1. The molecule has 13 heavy (non-hydrogen) atoms. The summed E-state index contributed by atoms with van der Waals surface area (Å²) in [5, 5.41) is 0. The van der Waals surface area contributed by atoms with Gasteiger partial charge in [0.2, 0.25) is 12.4 Å². The molecule has 2 heterocycles. The van der Waals surface area contributed by atoms with Gasteiger partial charge >= 0.3 is 0 Å². The molecule has 1 aromatic heterocycles. The summed E-state index contributed by atoms with van der Waals surface area (Å²) in [4.78, 5) is 20.3. The van der Waals surface area contributed by atoms with Gasteiger partial charge in [-0.05, 0) is 22.6 Å². The average molecular weight is 290 g/mol. The molecule has 5 nitrogen and oxygen atoms in total. The summed E-state index contributed by atoms with van der Waals surface area (Å²) < 4.78 is 0.837. The first-order chi connectivity index (χ1) is 6.20. The quantitative estimate of drug-likeness (QED) is 0.453. The van der Waals surface area contributed by atoms with E-state index in [9.17, 15) is 4.79 Å². The summed E-state index contributed by atoms with van der Waals surface area (Å²) in [5.41, 5.74) is 7.37. The lowest BCUT2D eigenvalue weighted by atomic mass is 10.3. The molecule has 0 aliphatic carbocycles. The average Bonchev–Trinajstić information content (AvgIpc) is 2.47. The molecule has 0 saturated heterocycles. The topological polar surface area (TPSA) is 72.1 Å². The van der Waals surface area contributed by atoms with E-state index < -0.39 is 0 Å². The van der Waals surface area contributed by atoms with Crippen LogP contribution >= 0.6 is 22.6 Å². The van der Waals surface area contributed by atoms with Crippen molar-refractivity contribution in [3.63, 3.8) is 0 Å². The molecule has 1 amide bonds.